The third-order valence-electron chi connectivity index (χ3n) is 6.18. The number of aromatic nitrogens is 2. The van der Waals surface area contributed by atoms with Gasteiger partial charge >= 0.3 is 0 Å². The number of hydrogen-bond acceptors (Lipinski definition) is 7. The van der Waals surface area contributed by atoms with E-state index in [4.69, 9.17) is 9.72 Å². The average Bonchev–Trinajstić information content (AvgIpc) is 3.30. The predicted molar refractivity (Wildman–Crippen MR) is 144 cm³/mol. The molecule has 37 heavy (non-hydrogen) atoms. The molecule has 4 aromatic rings. The van der Waals surface area contributed by atoms with Crippen LogP contribution in [0.1, 0.15) is 35.5 Å². The van der Waals surface area contributed by atoms with Gasteiger partial charge in [0.1, 0.15) is 0 Å². The number of amides is 1. The van der Waals surface area contributed by atoms with Crippen molar-refractivity contribution in [2.45, 2.75) is 44.4 Å². The summed E-state index contributed by atoms with van der Waals surface area (Å²) in [7, 11) is -3.70. The summed E-state index contributed by atoms with van der Waals surface area (Å²) in [5, 5.41) is 0.559. The molecular formula is C27H28N4O4S2. The molecular weight excluding hydrogens is 508 g/mol. The molecule has 1 amide bonds. The van der Waals surface area contributed by atoms with E-state index in [1.807, 2.05) is 57.2 Å². The number of ether oxygens (including phenoxy) is 1. The smallest absolute Gasteiger partial charge is 0.260 e. The molecule has 0 saturated carbocycles. The summed E-state index contributed by atoms with van der Waals surface area (Å²) in [5.41, 5.74) is 3.03. The van der Waals surface area contributed by atoms with Crippen LogP contribution in [-0.2, 0) is 21.3 Å². The molecule has 2 aromatic carbocycles. The van der Waals surface area contributed by atoms with E-state index in [9.17, 15) is 13.2 Å². The summed E-state index contributed by atoms with van der Waals surface area (Å²) in [4.78, 5) is 24.6. The Morgan fingerprint density at radius 1 is 1.08 bits per heavy atom. The minimum absolute atomic E-state index is 0.150. The van der Waals surface area contributed by atoms with Crippen LogP contribution >= 0.6 is 11.3 Å². The van der Waals surface area contributed by atoms with Gasteiger partial charge in [0.15, 0.2) is 5.13 Å². The summed E-state index contributed by atoms with van der Waals surface area (Å²) >= 11 is 1.44. The van der Waals surface area contributed by atoms with Crippen molar-refractivity contribution in [3.05, 3.63) is 83.7 Å². The van der Waals surface area contributed by atoms with Gasteiger partial charge < -0.3 is 4.74 Å². The maximum Gasteiger partial charge on any atom is 0.260 e. The summed E-state index contributed by atoms with van der Waals surface area (Å²) in [6.45, 7) is 6.56. The Bertz CT molecular complexity index is 1510. The van der Waals surface area contributed by atoms with Crippen LogP contribution in [0.15, 0.2) is 71.8 Å². The van der Waals surface area contributed by atoms with E-state index in [-0.39, 0.29) is 29.6 Å². The van der Waals surface area contributed by atoms with Crippen LogP contribution in [0.5, 0.6) is 0 Å². The highest BCUT2D eigenvalue weighted by molar-refractivity contribution is 7.89. The quantitative estimate of drug-likeness (QED) is 0.356. The maximum absolute atomic E-state index is 13.7. The van der Waals surface area contributed by atoms with Crippen LogP contribution in [0.4, 0.5) is 5.13 Å². The number of benzene rings is 2. The first kappa shape index (κ1) is 25.5. The average molecular weight is 537 g/mol. The standard InChI is InChI=1S/C27H28N4O4S2/c1-18-7-12-24-25(14-18)36-27(29-24)31(17-22-6-4-5-13-28-22)26(32)21-8-10-23(11-9-21)37(33,34)30-15-19(2)35-20(3)16-30/h4-14,19-20H,15-17H2,1-3H3. The third kappa shape index (κ3) is 5.42. The molecule has 192 valence electrons. The summed E-state index contributed by atoms with van der Waals surface area (Å²) in [5.74, 6) is -0.279. The zero-order chi connectivity index (χ0) is 26.2. The highest BCUT2D eigenvalue weighted by atomic mass is 32.2. The van der Waals surface area contributed by atoms with Gasteiger partial charge in [0.2, 0.25) is 10.0 Å². The number of aryl methyl sites for hydroxylation is 1. The van der Waals surface area contributed by atoms with Gasteiger partial charge in [-0.2, -0.15) is 4.31 Å². The van der Waals surface area contributed by atoms with Crippen molar-refractivity contribution in [3.8, 4) is 0 Å². The van der Waals surface area contributed by atoms with Crippen molar-refractivity contribution in [3.63, 3.8) is 0 Å². The zero-order valence-electron chi connectivity index (χ0n) is 20.9. The lowest BCUT2D eigenvalue weighted by Crippen LogP contribution is -2.48. The Kier molecular flexibility index (Phi) is 7.09. The summed E-state index contributed by atoms with van der Waals surface area (Å²) in [6.07, 6.45) is 1.32. The van der Waals surface area contributed by atoms with Gasteiger partial charge in [-0.15, -0.1) is 0 Å². The highest BCUT2D eigenvalue weighted by Crippen LogP contribution is 2.31. The van der Waals surface area contributed by atoms with Crippen molar-refractivity contribution in [1.29, 1.82) is 0 Å². The monoisotopic (exact) mass is 536 g/mol. The molecule has 0 spiro atoms. The fourth-order valence-corrected chi connectivity index (χ4v) is 7.07. The second-order valence-electron chi connectivity index (χ2n) is 9.28. The third-order valence-corrected chi connectivity index (χ3v) is 9.07. The molecule has 1 aliphatic rings. The van der Waals surface area contributed by atoms with E-state index in [0.29, 0.717) is 23.8 Å². The van der Waals surface area contributed by atoms with Gasteiger partial charge in [0.05, 0.1) is 39.6 Å². The SMILES string of the molecule is Cc1ccc2nc(N(Cc3ccccn3)C(=O)c3ccc(S(=O)(=O)N4CC(C)OC(C)C4)cc3)sc2c1. The van der Waals surface area contributed by atoms with Crippen LogP contribution in [0, 0.1) is 6.92 Å². The van der Waals surface area contributed by atoms with Crippen LogP contribution < -0.4 is 4.90 Å². The van der Waals surface area contributed by atoms with E-state index in [0.717, 1.165) is 21.5 Å². The first-order valence-corrected chi connectivity index (χ1v) is 14.3. The lowest BCUT2D eigenvalue weighted by molar-refractivity contribution is -0.0440. The van der Waals surface area contributed by atoms with E-state index in [2.05, 4.69) is 4.98 Å². The number of rotatable bonds is 6. The van der Waals surface area contributed by atoms with E-state index in [1.165, 1.54) is 27.8 Å². The largest absolute Gasteiger partial charge is 0.373 e. The van der Waals surface area contributed by atoms with Crippen molar-refractivity contribution in [2.75, 3.05) is 18.0 Å². The molecule has 0 bridgehead atoms. The van der Waals surface area contributed by atoms with Crippen LogP contribution in [0.2, 0.25) is 0 Å². The first-order chi connectivity index (χ1) is 17.7. The molecule has 1 fully saturated rings. The minimum Gasteiger partial charge on any atom is -0.373 e. The van der Waals surface area contributed by atoms with E-state index < -0.39 is 10.0 Å². The van der Waals surface area contributed by atoms with Crippen LogP contribution in [-0.4, -0.2) is 53.9 Å². The lowest BCUT2D eigenvalue weighted by atomic mass is 10.2. The molecule has 0 radical (unpaired) electrons. The number of fused-ring (bicyclic) bond motifs is 1. The van der Waals surface area contributed by atoms with Crippen molar-refractivity contribution in [2.24, 2.45) is 0 Å². The number of sulfonamides is 1. The molecule has 1 aliphatic heterocycles. The topological polar surface area (TPSA) is 92.7 Å². The molecule has 0 N–H and O–H groups in total. The number of carbonyl (C=O) groups is 1. The Balaban J connectivity index is 1.45. The summed E-state index contributed by atoms with van der Waals surface area (Å²) < 4.78 is 34.6. The molecule has 2 atom stereocenters. The Hall–Kier alpha value is -3.18. The number of morpholine rings is 1. The Morgan fingerprint density at radius 3 is 2.49 bits per heavy atom. The number of pyridine rings is 1. The number of thiazole rings is 1. The number of hydrogen-bond donors (Lipinski definition) is 0. The molecule has 3 heterocycles. The summed E-state index contributed by atoms with van der Waals surface area (Å²) in [6, 6.07) is 17.7. The fraction of sp³-hybridized carbons (Fsp3) is 0.296. The number of anilines is 1. The van der Waals surface area contributed by atoms with Crippen molar-refractivity contribution >= 4 is 42.6 Å². The van der Waals surface area contributed by atoms with Gasteiger partial charge in [-0.3, -0.25) is 14.7 Å². The van der Waals surface area contributed by atoms with Gasteiger partial charge in [0.25, 0.3) is 5.91 Å². The van der Waals surface area contributed by atoms with Gasteiger partial charge in [-0.05, 0) is 74.9 Å². The van der Waals surface area contributed by atoms with Crippen LogP contribution in [0.3, 0.4) is 0 Å². The van der Waals surface area contributed by atoms with Gasteiger partial charge in [-0.25, -0.2) is 13.4 Å². The molecule has 1 saturated heterocycles. The lowest BCUT2D eigenvalue weighted by Gasteiger charge is -2.34. The van der Waals surface area contributed by atoms with E-state index in [1.54, 1.807) is 23.2 Å². The fourth-order valence-electron chi connectivity index (χ4n) is 4.42. The second kappa shape index (κ2) is 10.3. The second-order valence-corrected chi connectivity index (χ2v) is 12.2. The molecule has 5 rings (SSSR count). The predicted octanol–water partition coefficient (Wildman–Crippen LogP) is 4.64. The molecule has 10 heteroatoms. The highest BCUT2D eigenvalue weighted by Gasteiger charge is 2.32. The first-order valence-electron chi connectivity index (χ1n) is 12.1. The molecule has 8 nitrogen and oxygen atoms in total. The van der Waals surface area contributed by atoms with Gasteiger partial charge in [0, 0.05) is 24.8 Å². The molecule has 2 unspecified atom stereocenters. The van der Waals surface area contributed by atoms with Gasteiger partial charge in [-0.1, -0.05) is 23.5 Å². The number of carbonyl (C=O) groups excluding carboxylic acids is 1. The normalized spacial score (nSPS) is 18.7. The van der Waals surface area contributed by atoms with Crippen LogP contribution in [0.25, 0.3) is 10.2 Å². The minimum atomic E-state index is -3.70. The van der Waals surface area contributed by atoms with Crippen molar-refractivity contribution in [1.82, 2.24) is 14.3 Å². The van der Waals surface area contributed by atoms with E-state index >= 15 is 0 Å². The number of nitrogens with zero attached hydrogens (tertiary/aromatic N) is 4. The molecule has 2 aromatic heterocycles. The zero-order valence-corrected chi connectivity index (χ0v) is 22.5. The maximum atomic E-state index is 13.7. The molecule has 0 aliphatic carbocycles. The Morgan fingerprint density at radius 2 is 1.81 bits per heavy atom. The Labute approximate surface area is 220 Å². The van der Waals surface area contributed by atoms with Crippen molar-refractivity contribution < 1.29 is 17.9 Å².